The van der Waals surface area contributed by atoms with Crippen LogP contribution in [0.3, 0.4) is 0 Å². The average Bonchev–Trinajstić information content (AvgIpc) is 3.28. The van der Waals surface area contributed by atoms with Crippen molar-refractivity contribution in [1.82, 2.24) is 0 Å². The summed E-state index contributed by atoms with van der Waals surface area (Å²) in [4.78, 5) is 28.0. The Morgan fingerprint density at radius 1 is 0.323 bits per heavy atom. The van der Waals surface area contributed by atoms with Crippen LogP contribution >= 0.6 is 0 Å². The quantitative estimate of drug-likeness (QED) is 0.0373. The van der Waals surface area contributed by atoms with E-state index >= 15 is 0 Å². The van der Waals surface area contributed by atoms with Gasteiger partial charge in [0.2, 0.25) is 5.75 Å². The molecular weight excluding hydrogens is 773 g/mol. The molecule has 0 aliphatic carbocycles. The smallest absolute Gasteiger partial charge is 0.203 e. The third kappa shape index (κ3) is 25.8. The van der Waals surface area contributed by atoms with Crippen LogP contribution in [0.2, 0.25) is 0 Å². The molecule has 0 N–H and O–H groups in total. The Kier molecular flexibility index (Phi) is 33.9. The predicted molar refractivity (Wildman–Crippen MR) is 261 cm³/mol. The predicted octanol–water partition coefficient (Wildman–Crippen LogP) is 16.8. The zero-order chi connectivity index (χ0) is 44.7. The Morgan fingerprint density at radius 2 is 0.613 bits per heavy atom. The van der Waals surface area contributed by atoms with Gasteiger partial charge in [0, 0.05) is 11.1 Å². The number of ketones is 2. The minimum absolute atomic E-state index is 0.255. The highest BCUT2D eigenvalue weighted by Gasteiger charge is 2.22. The summed E-state index contributed by atoms with van der Waals surface area (Å²) >= 11 is 0. The monoisotopic (exact) mass is 865 g/mol. The van der Waals surface area contributed by atoms with Crippen LogP contribution < -0.4 is 23.7 Å². The lowest BCUT2D eigenvalue weighted by Crippen LogP contribution is -2.12. The maximum atomic E-state index is 14.1. The van der Waals surface area contributed by atoms with Gasteiger partial charge >= 0.3 is 0 Å². The molecule has 0 atom stereocenters. The number of ether oxygens (including phenoxy) is 5. The molecule has 0 aliphatic heterocycles. The van der Waals surface area contributed by atoms with Gasteiger partial charge in [-0.3, -0.25) is 9.59 Å². The number of carbonyl (C=O) groups is 2. The van der Waals surface area contributed by atoms with Crippen molar-refractivity contribution in [1.29, 1.82) is 0 Å². The van der Waals surface area contributed by atoms with Crippen molar-refractivity contribution >= 4 is 11.6 Å². The molecule has 0 saturated heterocycles. The molecule has 2 aromatic rings. The van der Waals surface area contributed by atoms with E-state index in [0.717, 1.165) is 64.2 Å². The third-order valence-electron chi connectivity index (χ3n) is 11.7. The molecule has 0 amide bonds. The number of hydrogen-bond acceptors (Lipinski definition) is 7. The highest BCUT2D eigenvalue weighted by molar-refractivity contribution is 6.14. The molecule has 62 heavy (non-hydrogen) atoms. The van der Waals surface area contributed by atoms with Gasteiger partial charge in [-0.15, -0.1) is 0 Å². The standard InChI is InChI=1S/C55H92O7/c1-6-11-16-21-26-31-38-58-51-37-36-47(43-52(51)59-39-32-27-22-17-12-7-2)49(56)46-50(57)48-44-53(60-40-33-28-23-18-13-8-3)55(62-42-35-30-25-20-15-10-5)54(45-48)61-41-34-29-24-19-14-9-4/h36-37,43-45H,6-35,38-42,46H2,1-5H3. The van der Waals surface area contributed by atoms with Gasteiger partial charge in [-0.05, 0) is 62.4 Å². The van der Waals surface area contributed by atoms with Gasteiger partial charge in [-0.25, -0.2) is 0 Å². The lowest BCUT2D eigenvalue weighted by molar-refractivity contribution is 0.0893. The minimum Gasteiger partial charge on any atom is -0.490 e. The highest BCUT2D eigenvalue weighted by Crippen LogP contribution is 2.40. The van der Waals surface area contributed by atoms with Crippen LogP contribution in [0.4, 0.5) is 0 Å². The Morgan fingerprint density at radius 3 is 1.00 bits per heavy atom. The first-order chi connectivity index (χ1) is 30.5. The van der Waals surface area contributed by atoms with Gasteiger partial charge in [0.1, 0.15) is 0 Å². The average molecular weight is 865 g/mol. The molecule has 0 aliphatic rings. The van der Waals surface area contributed by atoms with Crippen molar-refractivity contribution in [3.05, 3.63) is 41.5 Å². The molecular formula is C55H92O7. The SMILES string of the molecule is CCCCCCCCOc1ccc(C(=O)CC(=O)c2cc(OCCCCCCCC)c(OCCCCCCCC)c(OCCCCCCCC)c2)cc1OCCCCCCCC. The molecule has 0 saturated carbocycles. The number of hydrogen-bond donors (Lipinski definition) is 0. The topological polar surface area (TPSA) is 80.3 Å². The zero-order valence-electron chi connectivity index (χ0n) is 40.7. The van der Waals surface area contributed by atoms with Gasteiger partial charge in [0.25, 0.3) is 0 Å². The molecule has 354 valence electrons. The van der Waals surface area contributed by atoms with Gasteiger partial charge in [0.05, 0.1) is 39.5 Å². The Balaban J connectivity index is 2.30. The summed E-state index contributed by atoms with van der Waals surface area (Å²) in [5.74, 6) is 2.32. The molecule has 7 heteroatoms. The summed E-state index contributed by atoms with van der Waals surface area (Å²) < 4.78 is 31.9. The summed E-state index contributed by atoms with van der Waals surface area (Å²) in [7, 11) is 0. The molecule has 0 fully saturated rings. The fourth-order valence-electron chi connectivity index (χ4n) is 7.67. The van der Waals surface area contributed by atoms with Crippen LogP contribution in [0.5, 0.6) is 28.7 Å². The van der Waals surface area contributed by atoms with Crippen molar-refractivity contribution in [3.8, 4) is 28.7 Å². The Labute approximate surface area is 380 Å². The lowest BCUT2D eigenvalue weighted by Gasteiger charge is -2.19. The second-order valence-corrected chi connectivity index (χ2v) is 17.6. The first-order valence-corrected chi connectivity index (χ1v) is 26.0. The van der Waals surface area contributed by atoms with Crippen LogP contribution in [0.25, 0.3) is 0 Å². The van der Waals surface area contributed by atoms with E-state index in [9.17, 15) is 9.59 Å². The van der Waals surface area contributed by atoms with E-state index < -0.39 is 0 Å². The summed E-state index contributed by atoms with van der Waals surface area (Å²) in [5, 5.41) is 0. The number of benzene rings is 2. The van der Waals surface area contributed by atoms with Gasteiger partial charge in [0.15, 0.2) is 34.6 Å². The number of carbonyl (C=O) groups excluding carboxylic acids is 2. The van der Waals surface area contributed by atoms with Gasteiger partial charge in [-0.2, -0.15) is 0 Å². The van der Waals surface area contributed by atoms with E-state index in [1.165, 1.54) is 128 Å². The molecule has 2 aromatic carbocycles. The molecule has 0 unspecified atom stereocenters. The van der Waals surface area contributed by atoms with Crippen molar-refractivity contribution in [2.45, 2.75) is 234 Å². The highest BCUT2D eigenvalue weighted by atomic mass is 16.5. The zero-order valence-corrected chi connectivity index (χ0v) is 40.7. The van der Waals surface area contributed by atoms with E-state index in [4.69, 9.17) is 23.7 Å². The van der Waals surface area contributed by atoms with Crippen molar-refractivity contribution in [2.75, 3.05) is 33.0 Å². The maximum Gasteiger partial charge on any atom is 0.203 e. The number of rotatable bonds is 44. The maximum absolute atomic E-state index is 14.1. The van der Waals surface area contributed by atoms with Crippen LogP contribution in [0.15, 0.2) is 30.3 Å². The minimum atomic E-state index is -0.277. The fourth-order valence-corrected chi connectivity index (χ4v) is 7.67. The van der Waals surface area contributed by atoms with Gasteiger partial charge < -0.3 is 23.7 Å². The summed E-state index contributed by atoms with van der Waals surface area (Å²) in [6.07, 6.45) is 34.6. The van der Waals surface area contributed by atoms with Crippen molar-refractivity contribution in [2.24, 2.45) is 0 Å². The van der Waals surface area contributed by atoms with E-state index in [-0.39, 0.29) is 18.0 Å². The first kappa shape index (κ1) is 54.9. The summed E-state index contributed by atoms with van der Waals surface area (Å²) in [6.45, 7) is 14.0. The van der Waals surface area contributed by atoms with E-state index in [0.29, 0.717) is 72.9 Å². The number of unbranched alkanes of at least 4 members (excludes halogenated alkanes) is 25. The van der Waals surface area contributed by atoms with Crippen molar-refractivity contribution < 1.29 is 33.3 Å². The molecule has 0 aromatic heterocycles. The first-order valence-electron chi connectivity index (χ1n) is 26.0. The fraction of sp³-hybridized carbons (Fsp3) is 0.745. The van der Waals surface area contributed by atoms with Crippen LogP contribution in [-0.4, -0.2) is 44.6 Å². The van der Waals surface area contributed by atoms with Crippen LogP contribution in [0.1, 0.15) is 254 Å². The van der Waals surface area contributed by atoms with E-state index in [1.807, 2.05) is 6.07 Å². The van der Waals surface area contributed by atoms with E-state index in [2.05, 4.69) is 34.6 Å². The Hall–Kier alpha value is -3.22. The van der Waals surface area contributed by atoms with E-state index in [1.54, 1.807) is 24.3 Å². The molecule has 0 spiro atoms. The molecule has 0 bridgehead atoms. The largest absolute Gasteiger partial charge is 0.490 e. The van der Waals surface area contributed by atoms with Crippen LogP contribution in [0, 0.1) is 0 Å². The molecule has 0 heterocycles. The summed E-state index contributed by atoms with van der Waals surface area (Å²) in [6, 6.07) is 8.92. The van der Waals surface area contributed by atoms with Crippen molar-refractivity contribution in [3.63, 3.8) is 0 Å². The van der Waals surface area contributed by atoms with Gasteiger partial charge in [-0.1, -0.05) is 195 Å². The normalized spacial score (nSPS) is 11.2. The third-order valence-corrected chi connectivity index (χ3v) is 11.7. The molecule has 7 nitrogen and oxygen atoms in total. The van der Waals surface area contributed by atoms with Crippen LogP contribution in [-0.2, 0) is 0 Å². The number of Topliss-reactive ketones (excluding diaryl/α,β-unsaturated/α-hetero) is 2. The second-order valence-electron chi connectivity index (χ2n) is 17.6. The lowest BCUT2D eigenvalue weighted by atomic mass is 10.0. The second kappa shape index (κ2) is 38.3. The molecule has 2 rings (SSSR count). The summed E-state index contributed by atoms with van der Waals surface area (Å²) in [5.41, 5.74) is 0.848. The Bertz CT molecular complexity index is 1360. The molecule has 0 radical (unpaired) electrons.